The van der Waals surface area contributed by atoms with Crippen LogP contribution in [0.1, 0.15) is 59.8 Å². The van der Waals surface area contributed by atoms with Crippen molar-refractivity contribution in [3.8, 4) is 0 Å². The van der Waals surface area contributed by atoms with Crippen molar-refractivity contribution in [2.45, 2.75) is 71.5 Å². The zero-order valence-corrected chi connectivity index (χ0v) is 16.2. The Hall–Kier alpha value is -1.26. The molecule has 4 nitrogen and oxygen atoms in total. The number of ketones is 2. The van der Waals surface area contributed by atoms with Gasteiger partial charge in [-0.3, -0.25) is 9.59 Å². The summed E-state index contributed by atoms with van der Waals surface area (Å²) in [5.74, 6) is 0.339. The van der Waals surface area contributed by atoms with Crippen LogP contribution in [0.15, 0.2) is 23.3 Å². The van der Waals surface area contributed by atoms with Gasteiger partial charge in [0.25, 0.3) is 0 Å². The predicted molar refractivity (Wildman–Crippen MR) is 98.3 cm³/mol. The van der Waals surface area contributed by atoms with Crippen molar-refractivity contribution in [2.24, 2.45) is 28.6 Å². The molecule has 0 aromatic rings. The van der Waals surface area contributed by atoms with Gasteiger partial charge in [0.1, 0.15) is 5.60 Å². The molecule has 0 heterocycles. The normalized spacial score (nSPS) is 50.3. The van der Waals surface area contributed by atoms with Crippen LogP contribution in [0.3, 0.4) is 0 Å². The van der Waals surface area contributed by atoms with E-state index >= 15 is 0 Å². The molecule has 0 saturated heterocycles. The van der Waals surface area contributed by atoms with E-state index in [2.05, 4.69) is 19.9 Å². The molecule has 4 aliphatic rings. The SMILES string of the molecule is CC(=O)[C@@]1(O)CC[C@H]2[C@@H]3C=C(C)C4=CC(=O)CC[C@]4(C)[C@H]3[C@@H](O)C[C@@]21C. The lowest BCUT2D eigenvalue weighted by molar-refractivity contribution is -0.171. The van der Waals surface area contributed by atoms with E-state index in [1.165, 1.54) is 6.92 Å². The molecule has 142 valence electrons. The number of hydrogen-bond donors (Lipinski definition) is 2. The number of allylic oxidation sites excluding steroid dienone is 4. The standard InChI is InChI=1S/C22H30O4/c1-12-9-15-16-6-8-22(26,13(2)23)21(16,4)11-18(25)19(15)20(3)7-5-14(24)10-17(12)20/h9-10,15-16,18-19,25-26H,5-8,11H2,1-4H3/t15-,16-,18-,19+,20-,21-,22-/m0/s1. The maximum Gasteiger partial charge on any atom is 0.161 e. The quantitative estimate of drug-likeness (QED) is 0.756. The fourth-order valence-corrected chi connectivity index (χ4v) is 7.13. The van der Waals surface area contributed by atoms with Crippen LogP contribution in [-0.4, -0.2) is 33.5 Å². The van der Waals surface area contributed by atoms with Crippen LogP contribution in [0.5, 0.6) is 0 Å². The van der Waals surface area contributed by atoms with Gasteiger partial charge in [0, 0.05) is 17.8 Å². The lowest BCUT2D eigenvalue weighted by atomic mass is 9.46. The number of rotatable bonds is 1. The summed E-state index contributed by atoms with van der Waals surface area (Å²) in [5, 5.41) is 22.4. The van der Waals surface area contributed by atoms with Gasteiger partial charge in [-0.2, -0.15) is 0 Å². The zero-order valence-electron chi connectivity index (χ0n) is 16.2. The molecule has 0 bridgehead atoms. The van der Waals surface area contributed by atoms with Gasteiger partial charge >= 0.3 is 0 Å². The van der Waals surface area contributed by atoms with E-state index in [1.54, 1.807) is 6.08 Å². The number of aliphatic hydroxyl groups excluding tert-OH is 1. The number of hydrogen-bond acceptors (Lipinski definition) is 4. The van der Waals surface area contributed by atoms with Crippen LogP contribution in [0.2, 0.25) is 0 Å². The molecular formula is C22H30O4. The van der Waals surface area contributed by atoms with Crippen molar-refractivity contribution < 1.29 is 19.8 Å². The second-order valence-electron chi connectivity index (χ2n) is 9.65. The molecule has 2 N–H and O–H groups in total. The third-order valence-corrected chi connectivity index (χ3v) is 8.50. The van der Waals surface area contributed by atoms with Crippen molar-refractivity contribution in [3.05, 3.63) is 23.3 Å². The number of fused-ring (bicyclic) bond motifs is 5. The maximum absolute atomic E-state index is 12.3. The lowest BCUT2D eigenvalue weighted by Gasteiger charge is -2.59. The largest absolute Gasteiger partial charge is 0.393 e. The number of carbonyl (C=O) groups is 2. The van der Waals surface area contributed by atoms with Gasteiger partial charge < -0.3 is 10.2 Å². The highest BCUT2D eigenvalue weighted by molar-refractivity contribution is 5.92. The molecule has 0 radical (unpaired) electrons. The highest BCUT2D eigenvalue weighted by Gasteiger charge is 2.67. The van der Waals surface area contributed by atoms with Gasteiger partial charge in [-0.25, -0.2) is 0 Å². The monoisotopic (exact) mass is 358 g/mol. The Labute approximate surface area is 155 Å². The third kappa shape index (κ3) is 2.03. The second kappa shape index (κ2) is 5.39. The lowest BCUT2D eigenvalue weighted by Crippen LogP contribution is -2.60. The summed E-state index contributed by atoms with van der Waals surface area (Å²) in [4.78, 5) is 24.3. The minimum Gasteiger partial charge on any atom is -0.393 e. The highest BCUT2D eigenvalue weighted by atomic mass is 16.3. The van der Waals surface area contributed by atoms with Gasteiger partial charge in [-0.15, -0.1) is 0 Å². The Morgan fingerprint density at radius 2 is 1.96 bits per heavy atom. The highest BCUT2D eigenvalue weighted by Crippen LogP contribution is 2.67. The first-order valence-corrected chi connectivity index (χ1v) is 9.90. The Kier molecular flexibility index (Phi) is 3.75. The molecule has 7 atom stereocenters. The molecule has 0 aliphatic heterocycles. The van der Waals surface area contributed by atoms with Crippen LogP contribution in [0.25, 0.3) is 0 Å². The van der Waals surface area contributed by atoms with E-state index in [4.69, 9.17) is 0 Å². The minimum atomic E-state index is -1.34. The summed E-state index contributed by atoms with van der Waals surface area (Å²) < 4.78 is 0. The molecular weight excluding hydrogens is 328 g/mol. The zero-order chi connectivity index (χ0) is 19.1. The van der Waals surface area contributed by atoms with Crippen molar-refractivity contribution in [2.75, 3.05) is 0 Å². The Bertz CT molecular complexity index is 749. The molecule has 4 heteroatoms. The van der Waals surface area contributed by atoms with Crippen LogP contribution in [-0.2, 0) is 9.59 Å². The first-order valence-electron chi connectivity index (χ1n) is 9.90. The van der Waals surface area contributed by atoms with Crippen LogP contribution >= 0.6 is 0 Å². The second-order valence-corrected chi connectivity index (χ2v) is 9.65. The topological polar surface area (TPSA) is 74.6 Å². The first kappa shape index (κ1) is 18.1. The summed E-state index contributed by atoms with van der Waals surface area (Å²) >= 11 is 0. The van der Waals surface area contributed by atoms with Crippen LogP contribution < -0.4 is 0 Å². The molecule has 4 rings (SSSR count). The van der Waals surface area contributed by atoms with Crippen molar-refractivity contribution >= 4 is 11.6 Å². The average Bonchev–Trinajstić information content (AvgIpc) is 2.81. The van der Waals surface area contributed by atoms with Gasteiger partial charge in [-0.1, -0.05) is 25.5 Å². The number of Topliss-reactive ketones (excluding diaryl/α,β-unsaturated/α-hetero) is 1. The Balaban J connectivity index is 1.85. The maximum atomic E-state index is 12.3. The molecule has 0 spiro atoms. The van der Waals surface area contributed by atoms with E-state index in [-0.39, 0.29) is 34.7 Å². The Morgan fingerprint density at radius 3 is 2.62 bits per heavy atom. The minimum absolute atomic E-state index is 0.0398. The summed E-state index contributed by atoms with van der Waals surface area (Å²) in [6, 6.07) is 0. The summed E-state index contributed by atoms with van der Waals surface area (Å²) in [7, 11) is 0. The summed E-state index contributed by atoms with van der Waals surface area (Å²) in [6.45, 7) is 7.72. The summed E-state index contributed by atoms with van der Waals surface area (Å²) in [5.41, 5.74) is 0.0483. The fraction of sp³-hybridized carbons (Fsp3) is 0.727. The smallest absolute Gasteiger partial charge is 0.161 e. The van der Waals surface area contributed by atoms with Crippen LogP contribution in [0.4, 0.5) is 0 Å². The van der Waals surface area contributed by atoms with Crippen molar-refractivity contribution in [3.63, 3.8) is 0 Å². The van der Waals surface area contributed by atoms with E-state index < -0.39 is 17.1 Å². The van der Waals surface area contributed by atoms with Gasteiger partial charge in [0.2, 0.25) is 0 Å². The van der Waals surface area contributed by atoms with E-state index in [9.17, 15) is 19.8 Å². The number of carbonyl (C=O) groups excluding carboxylic acids is 2. The van der Waals surface area contributed by atoms with Crippen LogP contribution in [0, 0.1) is 28.6 Å². The average molecular weight is 358 g/mol. The molecule has 0 aromatic heterocycles. The van der Waals surface area contributed by atoms with Gasteiger partial charge in [0.05, 0.1) is 6.10 Å². The molecule has 2 saturated carbocycles. The molecule has 0 aromatic carbocycles. The van der Waals surface area contributed by atoms with E-state index in [0.29, 0.717) is 19.3 Å². The first-order chi connectivity index (χ1) is 12.0. The fourth-order valence-electron chi connectivity index (χ4n) is 7.13. The van der Waals surface area contributed by atoms with Crippen molar-refractivity contribution in [1.29, 1.82) is 0 Å². The molecule has 0 amide bonds. The molecule has 0 unspecified atom stereocenters. The predicted octanol–water partition coefficient (Wildman–Crippen LogP) is 2.98. The molecule has 26 heavy (non-hydrogen) atoms. The van der Waals surface area contributed by atoms with E-state index in [1.807, 2.05) is 6.92 Å². The van der Waals surface area contributed by atoms with Gasteiger partial charge in [-0.05, 0) is 68.4 Å². The van der Waals surface area contributed by atoms with E-state index in [0.717, 1.165) is 24.0 Å². The number of aliphatic hydroxyl groups is 2. The van der Waals surface area contributed by atoms with Crippen molar-refractivity contribution in [1.82, 2.24) is 0 Å². The van der Waals surface area contributed by atoms with Gasteiger partial charge in [0.15, 0.2) is 11.6 Å². The summed E-state index contributed by atoms with van der Waals surface area (Å²) in [6.07, 6.45) is 6.43. The molecule has 4 aliphatic carbocycles. The molecule has 2 fully saturated rings. The third-order valence-electron chi connectivity index (χ3n) is 8.50. The Morgan fingerprint density at radius 1 is 1.27 bits per heavy atom.